The monoisotopic (exact) mass is 499 g/mol. The first-order valence-electron chi connectivity index (χ1n) is 12.0. The van der Waals surface area contributed by atoms with E-state index in [1.165, 1.54) is 12.1 Å². The van der Waals surface area contributed by atoms with Crippen LogP contribution in [0.1, 0.15) is 43.3 Å². The van der Waals surface area contributed by atoms with Gasteiger partial charge in [0.05, 0.1) is 22.9 Å². The molecule has 0 bridgehead atoms. The predicted molar refractivity (Wildman–Crippen MR) is 130 cm³/mol. The molecule has 36 heavy (non-hydrogen) atoms. The number of amides is 1. The van der Waals surface area contributed by atoms with Crippen molar-refractivity contribution in [2.45, 2.75) is 39.8 Å². The molecule has 4 aliphatic heterocycles. The van der Waals surface area contributed by atoms with E-state index in [1.54, 1.807) is 20.8 Å². The molecular weight excluding hydrogens is 471 g/mol. The van der Waals surface area contributed by atoms with Crippen LogP contribution < -0.4 is 15.7 Å². The molecule has 1 aromatic rings. The molecule has 11 heteroatoms. The van der Waals surface area contributed by atoms with Gasteiger partial charge in [0.1, 0.15) is 23.3 Å². The van der Waals surface area contributed by atoms with Gasteiger partial charge in [-0.3, -0.25) is 9.79 Å². The van der Waals surface area contributed by atoms with Crippen LogP contribution in [0.25, 0.3) is 11.4 Å². The highest BCUT2D eigenvalue weighted by atomic mass is 19.3. The van der Waals surface area contributed by atoms with Gasteiger partial charge >= 0.3 is 0 Å². The van der Waals surface area contributed by atoms with Crippen LogP contribution in [0.3, 0.4) is 0 Å². The zero-order valence-electron chi connectivity index (χ0n) is 20.4. The Morgan fingerprint density at radius 1 is 1.11 bits per heavy atom. The summed E-state index contributed by atoms with van der Waals surface area (Å²) in [6, 6.07) is 5.23. The van der Waals surface area contributed by atoms with E-state index in [0.717, 1.165) is 24.1 Å². The van der Waals surface area contributed by atoms with E-state index < -0.39 is 23.8 Å². The number of anilines is 2. The molecule has 0 unspecified atom stereocenters. The maximum Gasteiger partial charge on any atom is 0.266 e. The van der Waals surface area contributed by atoms with Gasteiger partial charge in [0.25, 0.3) is 6.43 Å². The molecule has 4 heterocycles. The Labute approximate surface area is 206 Å². The molecule has 1 aromatic carbocycles. The number of nitrogens with one attached hydrogen (secondary N) is 1. The van der Waals surface area contributed by atoms with Crippen molar-refractivity contribution in [2.24, 2.45) is 4.99 Å². The fourth-order valence-electron chi connectivity index (χ4n) is 4.94. The Morgan fingerprint density at radius 3 is 2.53 bits per heavy atom. The third-order valence-electron chi connectivity index (χ3n) is 6.82. The largest absolute Gasteiger partial charge is 0.368 e. The second-order valence-electron chi connectivity index (χ2n) is 9.14. The fraction of sp³-hybridized carbons (Fsp3) is 0.440. The van der Waals surface area contributed by atoms with Gasteiger partial charge in [-0.15, -0.1) is 0 Å². The molecule has 1 atom stereocenters. The Kier molecular flexibility index (Phi) is 6.31. The second-order valence-corrected chi connectivity index (χ2v) is 9.14. The molecular formula is C25H28F3N7O. The summed E-state index contributed by atoms with van der Waals surface area (Å²) < 4.78 is 43.4. The normalized spacial score (nSPS) is 17.0. The summed E-state index contributed by atoms with van der Waals surface area (Å²) in [5.74, 6) is 1.29. The van der Waals surface area contributed by atoms with Crippen molar-refractivity contribution in [1.29, 1.82) is 0 Å². The van der Waals surface area contributed by atoms with Crippen LogP contribution >= 0.6 is 0 Å². The van der Waals surface area contributed by atoms with Crippen LogP contribution in [0.5, 0.6) is 0 Å². The molecule has 4 aliphatic rings. The van der Waals surface area contributed by atoms with Gasteiger partial charge in [-0.25, -0.2) is 23.1 Å². The first-order valence-corrected chi connectivity index (χ1v) is 12.0. The number of piperazine rings is 1. The maximum atomic E-state index is 14.8. The average molecular weight is 500 g/mol. The standard InChI is InChI=1S/C25H28F3N7O/c1-14(17-5-4-6-18(21(17)26)22(27)28)30-23-19-13-20(34-11-9-33(10-12-34)16(3)36)25-29-7-8-35(25)24(19)32-15(2)31-23/h4-6,13-14,22,29H,7-12H2,1-3H3/t14-/m1/s1. The summed E-state index contributed by atoms with van der Waals surface area (Å²) >= 11 is 0. The number of fused-ring (bicyclic) bond motifs is 3. The van der Waals surface area contributed by atoms with E-state index in [-0.39, 0.29) is 11.5 Å². The lowest BCUT2D eigenvalue weighted by atomic mass is 10.0. The van der Waals surface area contributed by atoms with Crippen LogP contribution in [0, 0.1) is 12.7 Å². The number of halogens is 3. The zero-order chi connectivity index (χ0) is 25.6. The molecule has 0 aliphatic carbocycles. The third kappa shape index (κ3) is 4.27. The highest BCUT2D eigenvalue weighted by Gasteiger charge is 2.28. The lowest BCUT2D eigenvalue weighted by molar-refractivity contribution is -0.129. The number of aromatic nitrogens is 3. The van der Waals surface area contributed by atoms with E-state index in [2.05, 4.69) is 29.7 Å². The summed E-state index contributed by atoms with van der Waals surface area (Å²) in [4.78, 5) is 29.7. The lowest BCUT2D eigenvalue weighted by Gasteiger charge is -2.36. The zero-order valence-corrected chi connectivity index (χ0v) is 20.4. The SMILES string of the molecule is CC(=O)N1CCN(c2cc3c(=N[C@H](C)c4cccc(C(F)F)c4F)nc(C)nc-3n3c2NCC3)CC1. The molecule has 1 saturated heterocycles. The molecule has 0 saturated carbocycles. The number of carbonyl (C=O) groups excluding carboxylic acids is 1. The van der Waals surface area contributed by atoms with Crippen molar-refractivity contribution in [2.75, 3.05) is 42.9 Å². The number of benzene rings is 1. The Hall–Kier alpha value is -3.63. The summed E-state index contributed by atoms with van der Waals surface area (Å²) in [5, 5.41) is 3.45. The third-order valence-corrected chi connectivity index (χ3v) is 6.82. The molecule has 5 rings (SSSR count). The second kappa shape index (κ2) is 9.44. The number of pyridine rings is 1. The van der Waals surface area contributed by atoms with E-state index in [1.807, 2.05) is 11.0 Å². The molecule has 0 spiro atoms. The predicted octanol–water partition coefficient (Wildman–Crippen LogP) is 3.52. The summed E-state index contributed by atoms with van der Waals surface area (Å²) in [6.07, 6.45) is -2.91. The van der Waals surface area contributed by atoms with E-state index >= 15 is 0 Å². The van der Waals surface area contributed by atoms with Gasteiger partial charge in [0.2, 0.25) is 5.91 Å². The molecule has 190 valence electrons. The lowest BCUT2D eigenvalue weighted by Crippen LogP contribution is -2.48. The van der Waals surface area contributed by atoms with Crippen molar-refractivity contribution in [1.82, 2.24) is 19.4 Å². The Bertz CT molecular complexity index is 1350. The summed E-state index contributed by atoms with van der Waals surface area (Å²) in [5.41, 5.74) is 1.51. The van der Waals surface area contributed by atoms with E-state index in [4.69, 9.17) is 0 Å². The maximum absolute atomic E-state index is 14.8. The molecule has 0 aromatic heterocycles. The van der Waals surface area contributed by atoms with Crippen LogP contribution in [0.2, 0.25) is 0 Å². The fourth-order valence-corrected chi connectivity index (χ4v) is 4.94. The first-order chi connectivity index (χ1) is 17.2. The first kappa shape index (κ1) is 24.1. The smallest absolute Gasteiger partial charge is 0.266 e. The van der Waals surface area contributed by atoms with Crippen LogP contribution in [0.4, 0.5) is 24.7 Å². The number of rotatable bonds is 4. The van der Waals surface area contributed by atoms with E-state index in [0.29, 0.717) is 55.4 Å². The van der Waals surface area contributed by atoms with Crippen molar-refractivity contribution < 1.29 is 18.0 Å². The van der Waals surface area contributed by atoms with Gasteiger partial charge < -0.3 is 19.7 Å². The minimum Gasteiger partial charge on any atom is -0.368 e. The van der Waals surface area contributed by atoms with Gasteiger partial charge in [0, 0.05) is 51.8 Å². The van der Waals surface area contributed by atoms with Crippen molar-refractivity contribution >= 4 is 17.4 Å². The summed E-state index contributed by atoms with van der Waals surface area (Å²) in [7, 11) is 0. The van der Waals surface area contributed by atoms with E-state index in [9.17, 15) is 18.0 Å². The minimum atomic E-state index is -2.91. The van der Waals surface area contributed by atoms with Crippen LogP contribution in [-0.2, 0) is 11.3 Å². The highest BCUT2D eigenvalue weighted by molar-refractivity contribution is 5.78. The quantitative estimate of drug-likeness (QED) is 0.594. The number of hydrogen-bond donors (Lipinski definition) is 1. The van der Waals surface area contributed by atoms with Crippen molar-refractivity contribution in [3.8, 4) is 11.4 Å². The van der Waals surface area contributed by atoms with Gasteiger partial charge in [-0.2, -0.15) is 0 Å². The van der Waals surface area contributed by atoms with Crippen molar-refractivity contribution in [3.63, 3.8) is 0 Å². The van der Waals surface area contributed by atoms with Crippen molar-refractivity contribution in [3.05, 3.63) is 52.5 Å². The molecule has 8 nitrogen and oxygen atoms in total. The number of nitrogens with zero attached hydrogens (tertiary/aromatic N) is 6. The Balaban J connectivity index is 1.61. The topological polar surface area (TPSA) is 78.7 Å². The average Bonchev–Trinajstić information content (AvgIpc) is 3.34. The molecule has 1 amide bonds. The minimum absolute atomic E-state index is 0.0629. The van der Waals surface area contributed by atoms with Gasteiger partial charge in [-0.1, -0.05) is 18.2 Å². The molecule has 1 fully saturated rings. The van der Waals surface area contributed by atoms with Gasteiger partial charge in [0.15, 0.2) is 5.49 Å². The number of aryl methyl sites for hydroxylation is 1. The van der Waals surface area contributed by atoms with Crippen LogP contribution in [0.15, 0.2) is 29.3 Å². The number of hydrogen-bond acceptors (Lipinski definition) is 6. The van der Waals surface area contributed by atoms with Crippen LogP contribution in [-0.4, -0.2) is 58.1 Å². The number of alkyl halides is 2. The van der Waals surface area contributed by atoms with Gasteiger partial charge in [-0.05, 0) is 19.9 Å². The number of carbonyl (C=O) groups is 1. The Morgan fingerprint density at radius 2 is 1.83 bits per heavy atom. The molecule has 1 N–H and O–H groups in total. The summed E-state index contributed by atoms with van der Waals surface area (Å²) in [6.45, 7) is 9.10. The molecule has 0 radical (unpaired) electrons. The highest BCUT2D eigenvalue weighted by Crippen LogP contribution is 2.36.